The Hall–Kier alpha value is -2.99. The highest BCUT2D eigenvalue weighted by atomic mass is 35.5. The lowest BCUT2D eigenvalue weighted by Crippen LogP contribution is -2.38. The van der Waals surface area contributed by atoms with Crippen molar-refractivity contribution < 1.29 is 18.0 Å². The van der Waals surface area contributed by atoms with Gasteiger partial charge in [0, 0.05) is 44.8 Å². The van der Waals surface area contributed by atoms with E-state index in [0.717, 1.165) is 10.9 Å². The zero-order valence-corrected chi connectivity index (χ0v) is 22.4. The van der Waals surface area contributed by atoms with E-state index in [0.29, 0.717) is 29.1 Å². The van der Waals surface area contributed by atoms with Gasteiger partial charge in [0.1, 0.15) is 11.7 Å². The van der Waals surface area contributed by atoms with Crippen LogP contribution < -0.4 is 5.73 Å². The van der Waals surface area contributed by atoms with Crippen LogP contribution in [0.25, 0.3) is 28.1 Å². The van der Waals surface area contributed by atoms with Gasteiger partial charge in [0.25, 0.3) is 0 Å². The van der Waals surface area contributed by atoms with Crippen molar-refractivity contribution in [3.05, 3.63) is 59.8 Å². The predicted octanol–water partition coefficient (Wildman–Crippen LogP) is 4.06. The maximum Gasteiger partial charge on any atom is 0.408 e. The summed E-state index contributed by atoms with van der Waals surface area (Å²) in [7, 11) is 3.38. The van der Waals surface area contributed by atoms with Crippen LogP contribution in [0, 0.1) is 0 Å². The molecular weight excluding hydrogens is 542 g/mol. The summed E-state index contributed by atoms with van der Waals surface area (Å²) >= 11 is 0. The molecule has 0 spiro atoms. The van der Waals surface area contributed by atoms with E-state index in [1.165, 1.54) is 32.5 Å². The molecular formula is C25H28Cl2F3N7O. The Morgan fingerprint density at radius 2 is 1.89 bits per heavy atom. The number of amides is 1. The number of carbonyl (C=O) groups is 1. The maximum absolute atomic E-state index is 14.1. The summed E-state index contributed by atoms with van der Waals surface area (Å²) in [6.07, 6.45) is -2.34. The van der Waals surface area contributed by atoms with Gasteiger partial charge in [0.05, 0.1) is 11.9 Å². The lowest BCUT2D eigenvalue weighted by molar-refractivity contribution is -0.183. The van der Waals surface area contributed by atoms with E-state index in [4.69, 9.17) is 10.7 Å². The van der Waals surface area contributed by atoms with Crippen molar-refractivity contribution in [2.24, 2.45) is 5.73 Å². The number of benzene rings is 1. The molecule has 1 aromatic carbocycles. The third-order valence-corrected chi connectivity index (χ3v) is 6.55. The average molecular weight is 570 g/mol. The maximum atomic E-state index is 14.1. The molecule has 1 amide bonds. The first kappa shape index (κ1) is 29.6. The second-order valence-electron chi connectivity index (χ2n) is 9.35. The first-order chi connectivity index (χ1) is 17.1. The molecule has 5 rings (SSSR count). The number of nitrogens with two attached hydrogens (primary N) is 1. The Bertz CT molecular complexity index is 1440. The van der Waals surface area contributed by atoms with Crippen molar-refractivity contribution in [3.63, 3.8) is 0 Å². The number of alkyl halides is 3. The fraction of sp³-hybridized carbons (Fsp3) is 0.360. The average Bonchev–Trinajstić information content (AvgIpc) is 3.44. The molecule has 1 saturated heterocycles. The molecule has 0 aliphatic carbocycles. The van der Waals surface area contributed by atoms with Crippen LogP contribution in [-0.2, 0) is 11.2 Å². The molecule has 0 unspecified atom stereocenters. The van der Waals surface area contributed by atoms with Gasteiger partial charge in [-0.2, -0.15) is 13.2 Å². The smallest absolute Gasteiger partial charge is 0.349 e. The van der Waals surface area contributed by atoms with Gasteiger partial charge < -0.3 is 10.6 Å². The van der Waals surface area contributed by atoms with E-state index in [-0.39, 0.29) is 61.8 Å². The number of likely N-dealkylation sites (tertiary alicyclic amines) is 1. The van der Waals surface area contributed by atoms with Crippen LogP contribution in [0.3, 0.4) is 0 Å². The quantitative estimate of drug-likeness (QED) is 0.389. The van der Waals surface area contributed by atoms with E-state index in [1.807, 2.05) is 24.3 Å². The van der Waals surface area contributed by atoms with Crippen LogP contribution in [0.2, 0.25) is 0 Å². The molecule has 38 heavy (non-hydrogen) atoms. The minimum atomic E-state index is -4.47. The molecule has 4 aromatic rings. The number of fused-ring (bicyclic) bond motifs is 2. The molecule has 3 aromatic heterocycles. The van der Waals surface area contributed by atoms with Gasteiger partial charge in [-0.25, -0.2) is 4.98 Å². The Balaban J connectivity index is 0.00000200. The molecule has 1 fully saturated rings. The summed E-state index contributed by atoms with van der Waals surface area (Å²) in [5, 5.41) is 9.21. The Kier molecular flexibility index (Phi) is 8.87. The van der Waals surface area contributed by atoms with Crippen molar-refractivity contribution in [3.8, 4) is 11.5 Å². The number of para-hydroxylation sites is 1. The van der Waals surface area contributed by atoms with Crippen LogP contribution in [0.5, 0.6) is 0 Å². The van der Waals surface area contributed by atoms with Gasteiger partial charge in [0.15, 0.2) is 11.5 Å². The summed E-state index contributed by atoms with van der Waals surface area (Å²) < 4.78 is 44.0. The van der Waals surface area contributed by atoms with E-state index >= 15 is 0 Å². The second kappa shape index (κ2) is 11.4. The zero-order chi connectivity index (χ0) is 25.6. The molecule has 1 aliphatic rings. The van der Waals surface area contributed by atoms with E-state index in [2.05, 4.69) is 10.2 Å². The lowest BCUT2D eigenvalue weighted by atomic mass is 10.1. The van der Waals surface area contributed by atoms with E-state index in [9.17, 15) is 18.0 Å². The van der Waals surface area contributed by atoms with Crippen molar-refractivity contribution in [2.75, 3.05) is 27.2 Å². The van der Waals surface area contributed by atoms with Gasteiger partial charge >= 0.3 is 6.18 Å². The molecule has 1 aliphatic heterocycles. The Morgan fingerprint density at radius 1 is 1.13 bits per heavy atom. The van der Waals surface area contributed by atoms with Crippen molar-refractivity contribution in [2.45, 2.75) is 31.1 Å². The normalized spacial score (nSPS) is 16.7. The molecule has 13 heteroatoms. The van der Waals surface area contributed by atoms with Gasteiger partial charge in [-0.3, -0.25) is 14.1 Å². The van der Waals surface area contributed by atoms with Gasteiger partial charge in [-0.15, -0.1) is 35.0 Å². The van der Waals surface area contributed by atoms with E-state index < -0.39 is 12.2 Å². The van der Waals surface area contributed by atoms with Crippen LogP contribution in [-0.4, -0.2) is 74.7 Å². The summed E-state index contributed by atoms with van der Waals surface area (Å²) in [5.41, 5.74) is 8.23. The van der Waals surface area contributed by atoms with Gasteiger partial charge in [-0.05, 0) is 29.7 Å². The zero-order valence-electron chi connectivity index (χ0n) is 20.7. The van der Waals surface area contributed by atoms with Gasteiger partial charge in [-0.1, -0.05) is 30.3 Å². The first-order valence-electron chi connectivity index (χ1n) is 11.6. The number of aromatic nitrogens is 4. The number of carbonyl (C=O) groups excluding carboxylic acids is 1. The number of hydrogen-bond acceptors (Lipinski definition) is 6. The number of likely N-dealkylation sites (N-methyl/N-ethyl adjacent to an activating group) is 1. The molecule has 204 valence electrons. The number of nitrogens with zero attached hydrogens (tertiary/aromatic N) is 6. The van der Waals surface area contributed by atoms with Crippen molar-refractivity contribution in [1.29, 1.82) is 0 Å². The monoisotopic (exact) mass is 569 g/mol. The Morgan fingerprint density at radius 3 is 2.55 bits per heavy atom. The molecule has 4 heterocycles. The fourth-order valence-corrected chi connectivity index (χ4v) is 4.70. The standard InChI is InChI=1S/C25H26F3N7O.2ClH/c1-33(2)21(36)12-16-5-3-4-15-6-8-19(30-22(15)16)24-32-31-20-9-7-17(13-35(20)24)23(25(26,27)28)34-11-10-18(29)14-34;;/h3-9,13,18,23H,10-12,14,29H2,1-2H3;2*1H/t18-,23+;;/m0../s1. The Labute approximate surface area is 229 Å². The van der Waals surface area contributed by atoms with Crippen LogP contribution >= 0.6 is 24.8 Å². The summed E-state index contributed by atoms with van der Waals surface area (Å²) in [6.45, 7) is 0.455. The number of pyridine rings is 2. The number of rotatable bonds is 5. The SMILES string of the molecule is CN(C)C(=O)Cc1cccc2ccc(-c3nnc4ccc([C@@H](N5CC[C@H](N)C5)C(F)(F)F)cn34)nc12.Cl.Cl. The second-order valence-corrected chi connectivity index (χ2v) is 9.35. The molecule has 0 bridgehead atoms. The molecule has 0 saturated carbocycles. The summed E-state index contributed by atoms with van der Waals surface area (Å²) in [5.74, 6) is 0.258. The number of hydrogen-bond donors (Lipinski definition) is 1. The minimum Gasteiger partial charge on any atom is -0.349 e. The van der Waals surface area contributed by atoms with Crippen LogP contribution in [0.15, 0.2) is 48.7 Å². The third kappa shape index (κ3) is 5.70. The van der Waals surface area contributed by atoms with E-state index in [1.54, 1.807) is 20.2 Å². The van der Waals surface area contributed by atoms with Crippen LogP contribution in [0.1, 0.15) is 23.6 Å². The lowest BCUT2D eigenvalue weighted by Gasteiger charge is -2.30. The molecule has 8 nitrogen and oxygen atoms in total. The van der Waals surface area contributed by atoms with Crippen LogP contribution in [0.4, 0.5) is 13.2 Å². The highest BCUT2D eigenvalue weighted by Crippen LogP contribution is 2.39. The van der Waals surface area contributed by atoms with Crippen molar-refractivity contribution in [1.82, 2.24) is 29.4 Å². The number of halogens is 5. The molecule has 2 N–H and O–H groups in total. The molecule has 0 radical (unpaired) electrons. The summed E-state index contributed by atoms with van der Waals surface area (Å²) in [4.78, 5) is 20.0. The van der Waals surface area contributed by atoms with Gasteiger partial charge in [0.2, 0.25) is 5.91 Å². The first-order valence-corrected chi connectivity index (χ1v) is 11.6. The predicted molar refractivity (Wildman–Crippen MR) is 144 cm³/mol. The largest absolute Gasteiger partial charge is 0.408 e. The topological polar surface area (TPSA) is 92.7 Å². The highest BCUT2D eigenvalue weighted by Gasteiger charge is 2.46. The fourth-order valence-electron chi connectivity index (χ4n) is 4.70. The summed E-state index contributed by atoms with van der Waals surface area (Å²) in [6, 6.07) is 10.1. The minimum absolute atomic E-state index is 0. The highest BCUT2D eigenvalue weighted by molar-refractivity contribution is 5.88. The molecule has 2 atom stereocenters. The third-order valence-electron chi connectivity index (χ3n) is 6.55. The van der Waals surface area contributed by atoms with Crippen molar-refractivity contribution >= 4 is 47.3 Å².